The number of benzene rings is 1. The van der Waals surface area contributed by atoms with Gasteiger partial charge < -0.3 is 4.74 Å². The van der Waals surface area contributed by atoms with E-state index in [4.69, 9.17) is 11.2 Å². The molecule has 0 bridgehead atoms. The molecule has 3 heteroatoms. The van der Waals surface area contributed by atoms with Crippen LogP contribution in [0.5, 0.6) is 5.75 Å². The lowest BCUT2D eigenvalue weighted by molar-refractivity contribution is 0.100. The smallest absolute Gasteiger partial charge is 0.163 e. The first-order chi connectivity index (χ1) is 7.35. The van der Waals surface area contributed by atoms with E-state index in [2.05, 4.69) is 5.92 Å². The second-order valence-electron chi connectivity index (χ2n) is 3.95. The molecule has 0 aliphatic rings. The summed E-state index contributed by atoms with van der Waals surface area (Å²) in [5, 5.41) is 0. The molecule has 0 amide bonds. The van der Waals surface area contributed by atoms with Crippen LogP contribution in [0.3, 0.4) is 0 Å². The summed E-state index contributed by atoms with van der Waals surface area (Å²) in [5.41, 5.74) is -0.634. The maximum absolute atomic E-state index is 13.0. The third-order valence-corrected chi connectivity index (χ3v) is 2.03. The van der Waals surface area contributed by atoms with Crippen LogP contribution in [0, 0.1) is 18.2 Å². The maximum atomic E-state index is 13.0. The van der Waals surface area contributed by atoms with Gasteiger partial charge in [-0.05, 0) is 39.0 Å². The van der Waals surface area contributed by atoms with E-state index < -0.39 is 11.4 Å². The summed E-state index contributed by atoms with van der Waals surface area (Å²) < 4.78 is 18.4. The van der Waals surface area contributed by atoms with Gasteiger partial charge in [0, 0.05) is 0 Å². The minimum Gasteiger partial charge on any atom is -0.474 e. The molecule has 0 radical (unpaired) electrons. The Morgan fingerprint density at radius 3 is 2.62 bits per heavy atom. The standard InChI is InChI=1S/C13H13FO2/c1-5-13(3,4)16-12-7-6-10(14)8-11(12)9(2)15/h1,6-8H,2-4H3. The molecule has 0 heterocycles. The lowest BCUT2D eigenvalue weighted by atomic mass is 10.1. The third-order valence-electron chi connectivity index (χ3n) is 2.03. The molecule has 0 aliphatic carbocycles. The molecule has 0 aromatic heterocycles. The molecular weight excluding hydrogens is 207 g/mol. The van der Waals surface area contributed by atoms with Crippen LogP contribution < -0.4 is 4.74 Å². The summed E-state index contributed by atoms with van der Waals surface area (Å²) >= 11 is 0. The molecular formula is C13H13FO2. The SMILES string of the molecule is C#CC(C)(C)Oc1ccc(F)cc1C(C)=O. The zero-order valence-corrected chi connectivity index (χ0v) is 9.50. The first-order valence-corrected chi connectivity index (χ1v) is 4.83. The number of ketones is 1. The Bertz CT molecular complexity index is 455. The van der Waals surface area contributed by atoms with Crippen molar-refractivity contribution in [3.05, 3.63) is 29.6 Å². The van der Waals surface area contributed by atoms with Crippen LogP contribution in [-0.4, -0.2) is 11.4 Å². The fourth-order valence-corrected chi connectivity index (χ4v) is 1.17. The van der Waals surface area contributed by atoms with Crippen molar-refractivity contribution >= 4 is 5.78 Å². The van der Waals surface area contributed by atoms with Gasteiger partial charge >= 0.3 is 0 Å². The van der Waals surface area contributed by atoms with E-state index in [0.717, 1.165) is 6.07 Å². The van der Waals surface area contributed by atoms with Gasteiger partial charge in [0.1, 0.15) is 11.6 Å². The van der Waals surface area contributed by atoms with E-state index in [9.17, 15) is 9.18 Å². The summed E-state index contributed by atoms with van der Waals surface area (Å²) in [6.07, 6.45) is 5.28. The van der Waals surface area contributed by atoms with Crippen molar-refractivity contribution in [2.45, 2.75) is 26.4 Å². The number of rotatable bonds is 3. The number of halogens is 1. The lowest BCUT2D eigenvalue weighted by Crippen LogP contribution is -2.26. The molecule has 1 aromatic carbocycles. The zero-order valence-electron chi connectivity index (χ0n) is 9.50. The molecule has 0 saturated carbocycles. The Balaban J connectivity index is 3.15. The molecule has 1 aromatic rings. The molecule has 0 N–H and O–H groups in total. The number of Topliss-reactive ketones (excluding diaryl/α,β-unsaturated/α-hetero) is 1. The quantitative estimate of drug-likeness (QED) is 0.578. The predicted octanol–water partition coefficient (Wildman–Crippen LogP) is 2.82. The summed E-state index contributed by atoms with van der Waals surface area (Å²) in [6, 6.07) is 3.78. The van der Waals surface area contributed by atoms with Crippen LogP contribution in [0.15, 0.2) is 18.2 Å². The Morgan fingerprint density at radius 2 is 2.12 bits per heavy atom. The lowest BCUT2D eigenvalue weighted by Gasteiger charge is -2.21. The Kier molecular flexibility index (Phi) is 3.34. The highest BCUT2D eigenvalue weighted by molar-refractivity contribution is 5.96. The summed E-state index contributed by atoms with van der Waals surface area (Å²) in [6.45, 7) is 4.74. The summed E-state index contributed by atoms with van der Waals surface area (Å²) in [4.78, 5) is 11.3. The van der Waals surface area contributed by atoms with Crippen LogP contribution in [0.2, 0.25) is 0 Å². The molecule has 0 saturated heterocycles. The molecule has 0 aliphatic heterocycles. The number of ether oxygens (including phenoxy) is 1. The first kappa shape index (κ1) is 12.3. The van der Waals surface area contributed by atoms with Crippen molar-refractivity contribution in [3.8, 4) is 18.1 Å². The van der Waals surface area contributed by atoms with Crippen molar-refractivity contribution < 1.29 is 13.9 Å². The molecule has 2 nitrogen and oxygen atoms in total. The van der Waals surface area contributed by atoms with Crippen LogP contribution in [0.4, 0.5) is 4.39 Å². The molecule has 16 heavy (non-hydrogen) atoms. The van der Waals surface area contributed by atoms with Crippen molar-refractivity contribution in [2.24, 2.45) is 0 Å². The number of hydrogen-bond acceptors (Lipinski definition) is 2. The average Bonchev–Trinajstić information content (AvgIpc) is 2.20. The number of hydrogen-bond donors (Lipinski definition) is 0. The largest absolute Gasteiger partial charge is 0.474 e. The predicted molar refractivity (Wildman–Crippen MR) is 59.9 cm³/mol. The monoisotopic (exact) mass is 220 g/mol. The van der Waals surface area contributed by atoms with E-state index in [0.29, 0.717) is 5.75 Å². The van der Waals surface area contributed by atoms with Crippen molar-refractivity contribution in [3.63, 3.8) is 0 Å². The highest BCUT2D eigenvalue weighted by Crippen LogP contribution is 2.24. The molecule has 0 atom stereocenters. The second kappa shape index (κ2) is 4.36. The van der Waals surface area contributed by atoms with Gasteiger partial charge in [0.25, 0.3) is 0 Å². The number of carbonyl (C=O) groups is 1. The van der Waals surface area contributed by atoms with Gasteiger partial charge in [-0.3, -0.25) is 4.79 Å². The second-order valence-corrected chi connectivity index (χ2v) is 3.95. The van der Waals surface area contributed by atoms with E-state index >= 15 is 0 Å². The normalized spacial score (nSPS) is 10.7. The number of carbonyl (C=O) groups excluding carboxylic acids is 1. The van der Waals surface area contributed by atoms with E-state index in [1.54, 1.807) is 13.8 Å². The van der Waals surface area contributed by atoms with Crippen molar-refractivity contribution in [2.75, 3.05) is 0 Å². The van der Waals surface area contributed by atoms with Crippen LogP contribution in [-0.2, 0) is 0 Å². The Hall–Kier alpha value is -1.82. The maximum Gasteiger partial charge on any atom is 0.163 e. The third kappa shape index (κ3) is 2.83. The molecule has 0 spiro atoms. The van der Waals surface area contributed by atoms with Crippen LogP contribution in [0.1, 0.15) is 31.1 Å². The highest BCUT2D eigenvalue weighted by atomic mass is 19.1. The van der Waals surface area contributed by atoms with Gasteiger partial charge in [0.2, 0.25) is 0 Å². The van der Waals surface area contributed by atoms with Gasteiger partial charge in [-0.2, -0.15) is 0 Å². The van der Waals surface area contributed by atoms with Crippen LogP contribution in [0.25, 0.3) is 0 Å². The molecule has 1 rings (SSSR count). The minimum absolute atomic E-state index is 0.198. The molecule has 0 fully saturated rings. The first-order valence-electron chi connectivity index (χ1n) is 4.83. The van der Waals surface area contributed by atoms with Gasteiger partial charge in [-0.15, -0.1) is 6.42 Å². The van der Waals surface area contributed by atoms with Crippen molar-refractivity contribution in [1.82, 2.24) is 0 Å². The van der Waals surface area contributed by atoms with Gasteiger partial charge in [-0.25, -0.2) is 4.39 Å². The fourth-order valence-electron chi connectivity index (χ4n) is 1.17. The zero-order chi connectivity index (χ0) is 12.3. The van der Waals surface area contributed by atoms with Gasteiger partial charge in [-0.1, -0.05) is 5.92 Å². The number of terminal acetylenes is 1. The summed E-state index contributed by atoms with van der Waals surface area (Å²) in [7, 11) is 0. The van der Waals surface area contributed by atoms with Gasteiger partial charge in [0.05, 0.1) is 5.56 Å². The topological polar surface area (TPSA) is 26.3 Å². The molecule has 84 valence electrons. The van der Waals surface area contributed by atoms with Crippen LogP contribution >= 0.6 is 0 Å². The summed E-state index contributed by atoms with van der Waals surface area (Å²) in [5.74, 6) is 2.01. The Morgan fingerprint density at radius 1 is 1.50 bits per heavy atom. The minimum atomic E-state index is -0.831. The average molecular weight is 220 g/mol. The van der Waals surface area contributed by atoms with E-state index in [1.807, 2.05) is 0 Å². The van der Waals surface area contributed by atoms with E-state index in [-0.39, 0.29) is 11.3 Å². The van der Waals surface area contributed by atoms with Crippen molar-refractivity contribution in [1.29, 1.82) is 0 Å². The van der Waals surface area contributed by atoms with E-state index in [1.165, 1.54) is 19.1 Å². The highest BCUT2D eigenvalue weighted by Gasteiger charge is 2.19. The fraction of sp³-hybridized carbons (Fsp3) is 0.308. The molecule has 0 unspecified atom stereocenters. The van der Waals surface area contributed by atoms with Gasteiger partial charge in [0.15, 0.2) is 11.4 Å². The Labute approximate surface area is 94.4 Å².